The van der Waals surface area contributed by atoms with E-state index in [4.69, 9.17) is 0 Å². The predicted octanol–water partition coefficient (Wildman–Crippen LogP) is 3.61. The summed E-state index contributed by atoms with van der Waals surface area (Å²) in [6.07, 6.45) is 0. The average molecular weight is 329 g/mol. The number of carbonyl (C=O) groups is 1. The summed E-state index contributed by atoms with van der Waals surface area (Å²) < 4.78 is 1.11. The molecule has 2 rings (SSSR count). The Balaban J connectivity index is 2.13. The molecule has 2 aromatic rings. The predicted molar refractivity (Wildman–Crippen MR) is 71.4 cm³/mol. The molecule has 0 aliphatic carbocycles. The highest BCUT2D eigenvalue weighted by Gasteiger charge is 2.05. The van der Waals surface area contributed by atoms with E-state index in [9.17, 15) is 4.79 Å². The summed E-state index contributed by atoms with van der Waals surface area (Å²) in [7, 11) is 0. The SMILES string of the molecule is O=C(Nc1cccc(I)c1)c1ccsc1. The zero-order valence-electron chi connectivity index (χ0n) is 7.74. The molecule has 1 amide bonds. The van der Waals surface area contributed by atoms with E-state index in [1.54, 1.807) is 0 Å². The van der Waals surface area contributed by atoms with Crippen LogP contribution in [0, 0.1) is 3.57 Å². The first-order valence-corrected chi connectivity index (χ1v) is 6.37. The van der Waals surface area contributed by atoms with E-state index in [0.29, 0.717) is 5.56 Å². The van der Waals surface area contributed by atoms with Gasteiger partial charge in [-0.2, -0.15) is 11.3 Å². The van der Waals surface area contributed by atoms with Gasteiger partial charge in [0.2, 0.25) is 0 Å². The van der Waals surface area contributed by atoms with Crippen LogP contribution in [0.5, 0.6) is 0 Å². The van der Waals surface area contributed by atoms with Gasteiger partial charge in [-0.1, -0.05) is 6.07 Å². The Kier molecular flexibility index (Phi) is 3.37. The maximum atomic E-state index is 11.7. The van der Waals surface area contributed by atoms with Gasteiger partial charge >= 0.3 is 0 Å². The fraction of sp³-hybridized carbons (Fsp3) is 0. The molecule has 4 heteroatoms. The molecule has 2 nitrogen and oxygen atoms in total. The highest BCUT2D eigenvalue weighted by molar-refractivity contribution is 14.1. The maximum Gasteiger partial charge on any atom is 0.256 e. The van der Waals surface area contributed by atoms with Gasteiger partial charge in [-0.05, 0) is 52.2 Å². The quantitative estimate of drug-likeness (QED) is 0.838. The second kappa shape index (κ2) is 4.76. The Morgan fingerprint density at radius 1 is 1.33 bits per heavy atom. The lowest BCUT2D eigenvalue weighted by Crippen LogP contribution is -2.10. The van der Waals surface area contributed by atoms with Crippen LogP contribution in [0.2, 0.25) is 0 Å². The van der Waals surface area contributed by atoms with Crippen molar-refractivity contribution in [1.82, 2.24) is 0 Å². The van der Waals surface area contributed by atoms with Crippen molar-refractivity contribution in [1.29, 1.82) is 0 Å². The van der Waals surface area contributed by atoms with E-state index in [0.717, 1.165) is 9.26 Å². The molecule has 1 heterocycles. The summed E-state index contributed by atoms with van der Waals surface area (Å²) in [6.45, 7) is 0. The van der Waals surface area contributed by atoms with Crippen LogP contribution in [0.25, 0.3) is 0 Å². The van der Waals surface area contributed by atoms with Gasteiger partial charge in [0.1, 0.15) is 0 Å². The number of carbonyl (C=O) groups excluding carboxylic acids is 1. The molecule has 76 valence electrons. The third-order valence-corrected chi connectivity index (χ3v) is 3.22. The Hall–Kier alpha value is -0.880. The van der Waals surface area contributed by atoms with E-state index in [1.165, 1.54) is 11.3 Å². The summed E-state index contributed by atoms with van der Waals surface area (Å²) in [5, 5.41) is 6.58. The fourth-order valence-electron chi connectivity index (χ4n) is 1.16. The van der Waals surface area contributed by atoms with E-state index < -0.39 is 0 Å². The minimum Gasteiger partial charge on any atom is -0.322 e. The van der Waals surface area contributed by atoms with Crippen molar-refractivity contribution in [2.24, 2.45) is 0 Å². The van der Waals surface area contributed by atoms with Gasteiger partial charge in [0, 0.05) is 14.6 Å². The van der Waals surface area contributed by atoms with Crippen LogP contribution in [0.4, 0.5) is 5.69 Å². The van der Waals surface area contributed by atoms with Crippen LogP contribution in [0.15, 0.2) is 41.1 Å². The van der Waals surface area contributed by atoms with Gasteiger partial charge in [0.25, 0.3) is 5.91 Å². The fourth-order valence-corrected chi connectivity index (χ4v) is 2.34. The highest BCUT2D eigenvalue weighted by atomic mass is 127. The van der Waals surface area contributed by atoms with E-state index in [2.05, 4.69) is 27.9 Å². The number of halogens is 1. The minimum atomic E-state index is -0.0572. The number of rotatable bonds is 2. The van der Waals surface area contributed by atoms with Crippen LogP contribution >= 0.6 is 33.9 Å². The third kappa shape index (κ3) is 2.79. The third-order valence-electron chi connectivity index (χ3n) is 1.87. The summed E-state index contributed by atoms with van der Waals surface area (Å²) in [4.78, 5) is 11.7. The van der Waals surface area contributed by atoms with E-state index in [-0.39, 0.29) is 5.91 Å². The molecule has 0 aliphatic rings. The van der Waals surface area contributed by atoms with Crippen LogP contribution in [0.3, 0.4) is 0 Å². The van der Waals surface area contributed by atoms with Gasteiger partial charge in [-0.25, -0.2) is 0 Å². The summed E-state index contributed by atoms with van der Waals surface area (Å²) >= 11 is 3.74. The van der Waals surface area contributed by atoms with Crippen molar-refractivity contribution in [3.8, 4) is 0 Å². The maximum absolute atomic E-state index is 11.7. The Bertz CT molecular complexity index is 467. The van der Waals surface area contributed by atoms with Crippen molar-refractivity contribution in [2.45, 2.75) is 0 Å². The van der Waals surface area contributed by atoms with Crippen molar-refractivity contribution in [2.75, 3.05) is 5.32 Å². The number of thiophene rings is 1. The number of nitrogens with one attached hydrogen (secondary N) is 1. The largest absolute Gasteiger partial charge is 0.322 e. The molecule has 0 fully saturated rings. The molecule has 0 aliphatic heterocycles. The Morgan fingerprint density at radius 2 is 2.20 bits per heavy atom. The molecule has 1 aromatic heterocycles. The first-order valence-electron chi connectivity index (χ1n) is 4.35. The lowest BCUT2D eigenvalue weighted by atomic mass is 10.3. The molecule has 0 atom stereocenters. The van der Waals surface area contributed by atoms with Gasteiger partial charge in [0.05, 0.1) is 5.56 Å². The first kappa shape index (κ1) is 10.6. The summed E-state index contributed by atoms with van der Waals surface area (Å²) in [6, 6.07) is 9.54. The molecule has 0 saturated carbocycles. The zero-order valence-corrected chi connectivity index (χ0v) is 10.7. The lowest BCUT2D eigenvalue weighted by Gasteiger charge is -2.03. The molecule has 0 spiro atoms. The smallest absolute Gasteiger partial charge is 0.256 e. The summed E-state index contributed by atoms with van der Waals surface area (Å²) in [5.74, 6) is -0.0572. The van der Waals surface area contributed by atoms with E-state index in [1.807, 2.05) is 41.1 Å². The van der Waals surface area contributed by atoms with Crippen molar-refractivity contribution in [3.05, 3.63) is 50.2 Å². The second-order valence-electron chi connectivity index (χ2n) is 2.98. The molecule has 15 heavy (non-hydrogen) atoms. The molecule has 1 aromatic carbocycles. The van der Waals surface area contributed by atoms with Crippen molar-refractivity contribution in [3.63, 3.8) is 0 Å². The second-order valence-corrected chi connectivity index (χ2v) is 5.00. The average Bonchev–Trinajstić information content (AvgIpc) is 2.70. The van der Waals surface area contributed by atoms with Crippen LogP contribution in [-0.4, -0.2) is 5.91 Å². The lowest BCUT2D eigenvalue weighted by molar-refractivity contribution is 0.102. The van der Waals surface area contributed by atoms with Crippen LogP contribution in [0.1, 0.15) is 10.4 Å². The number of hydrogen-bond acceptors (Lipinski definition) is 2. The number of anilines is 1. The van der Waals surface area contributed by atoms with Crippen LogP contribution < -0.4 is 5.32 Å². The summed E-state index contributed by atoms with van der Waals surface area (Å²) in [5.41, 5.74) is 1.54. The van der Waals surface area contributed by atoms with Crippen molar-refractivity contribution < 1.29 is 4.79 Å². The van der Waals surface area contributed by atoms with Crippen molar-refractivity contribution >= 4 is 45.5 Å². The molecular weight excluding hydrogens is 321 g/mol. The van der Waals surface area contributed by atoms with Gasteiger partial charge < -0.3 is 5.32 Å². The number of amides is 1. The molecular formula is C11H8INOS. The normalized spacial score (nSPS) is 9.93. The number of hydrogen-bond donors (Lipinski definition) is 1. The van der Waals surface area contributed by atoms with Gasteiger partial charge in [-0.15, -0.1) is 0 Å². The Labute approximate surface area is 105 Å². The topological polar surface area (TPSA) is 29.1 Å². The Morgan fingerprint density at radius 3 is 2.87 bits per heavy atom. The number of benzene rings is 1. The van der Waals surface area contributed by atoms with Crippen LogP contribution in [-0.2, 0) is 0 Å². The van der Waals surface area contributed by atoms with E-state index >= 15 is 0 Å². The monoisotopic (exact) mass is 329 g/mol. The zero-order chi connectivity index (χ0) is 10.7. The molecule has 1 N–H and O–H groups in total. The molecule has 0 bridgehead atoms. The molecule has 0 radical (unpaired) electrons. The minimum absolute atomic E-state index is 0.0572. The highest BCUT2D eigenvalue weighted by Crippen LogP contribution is 2.14. The first-order chi connectivity index (χ1) is 7.25. The molecule has 0 saturated heterocycles. The standard InChI is InChI=1S/C11H8INOS/c12-9-2-1-3-10(6-9)13-11(14)8-4-5-15-7-8/h1-7H,(H,13,14). The van der Waals surface area contributed by atoms with Gasteiger partial charge in [-0.3, -0.25) is 4.79 Å². The molecule has 0 unspecified atom stereocenters. The van der Waals surface area contributed by atoms with Gasteiger partial charge in [0.15, 0.2) is 0 Å².